The first-order valence-corrected chi connectivity index (χ1v) is 3.14. The predicted octanol–water partition coefficient (Wildman–Crippen LogP) is 1.95. The van der Waals surface area contributed by atoms with Crippen molar-refractivity contribution in [3.63, 3.8) is 0 Å². The second-order valence-corrected chi connectivity index (χ2v) is 2.28. The molecule has 0 atom stereocenters. The molecule has 1 aliphatic carbocycles. The standard InChI is InChI=1S/C7H8ClO/c1-9-7-4-2-6(8)3-5-7/h2,4-5H,3H2,1H3. The summed E-state index contributed by atoms with van der Waals surface area (Å²) in [5.74, 6) is 0. The molecule has 0 aromatic rings. The van der Waals surface area contributed by atoms with Crippen molar-refractivity contribution in [2.24, 2.45) is 0 Å². The molecule has 0 unspecified atom stereocenters. The highest BCUT2D eigenvalue weighted by atomic mass is 35.5. The number of methoxy groups -OCH3 is 1. The van der Waals surface area contributed by atoms with Gasteiger partial charge in [0.25, 0.3) is 0 Å². The Kier molecular flexibility index (Phi) is 2.80. The van der Waals surface area contributed by atoms with E-state index in [4.69, 9.17) is 16.3 Å². The molecule has 1 nitrogen and oxygen atoms in total. The van der Waals surface area contributed by atoms with Crippen molar-refractivity contribution in [2.75, 3.05) is 7.11 Å². The molecule has 0 aliphatic heterocycles. The summed E-state index contributed by atoms with van der Waals surface area (Å²) >= 11 is 5.67. The molecule has 1 saturated carbocycles. The normalized spacial score (nSPS) is 24.7. The summed E-state index contributed by atoms with van der Waals surface area (Å²) in [6.07, 6.45) is 7.33. The molecule has 9 heavy (non-hydrogen) atoms. The molecular weight excluding hydrogens is 136 g/mol. The maximum Gasteiger partial charge on any atom is 0.104 e. The van der Waals surface area contributed by atoms with Crippen LogP contribution in [0.2, 0.25) is 0 Å². The van der Waals surface area contributed by atoms with Gasteiger partial charge in [-0.3, -0.25) is 0 Å². The van der Waals surface area contributed by atoms with Gasteiger partial charge >= 0.3 is 0 Å². The summed E-state index contributed by atoms with van der Waals surface area (Å²) in [6.45, 7) is 0. The third kappa shape index (κ3) is 2.15. The Hall–Kier alpha value is 0.250. The molecule has 1 fully saturated rings. The number of ether oxygens (including phenoxy) is 1. The van der Waals surface area contributed by atoms with Crippen LogP contribution in [0.25, 0.3) is 0 Å². The average Bonchev–Trinajstić information content (AvgIpc) is 1.90. The summed E-state index contributed by atoms with van der Waals surface area (Å²) in [5.41, 5.74) is 0. The molecule has 5 radical (unpaired) electrons. The van der Waals surface area contributed by atoms with Crippen LogP contribution in [-0.4, -0.2) is 7.11 Å². The van der Waals surface area contributed by atoms with E-state index in [0.29, 0.717) is 0 Å². The number of hydrogen-bond acceptors (Lipinski definition) is 1. The van der Waals surface area contributed by atoms with E-state index in [2.05, 4.69) is 0 Å². The highest BCUT2D eigenvalue weighted by molar-refractivity contribution is 6.28. The lowest BCUT2D eigenvalue weighted by atomic mass is 9.97. The van der Waals surface area contributed by atoms with Gasteiger partial charge in [0.2, 0.25) is 0 Å². The molecule has 0 amide bonds. The van der Waals surface area contributed by atoms with Gasteiger partial charge in [0.1, 0.15) is 6.10 Å². The van der Waals surface area contributed by atoms with Crippen LogP contribution >= 0.6 is 11.6 Å². The lowest BCUT2D eigenvalue weighted by Gasteiger charge is -2.20. The second-order valence-electron chi connectivity index (χ2n) is 1.79. The SMILES string of the molecule is CO[C]1[CH][CH][C](Cl)C[CH]1. The lowest BCUT2D eigenvalue weighted by Crippen LogP contribution is -2.11. The van der Waals surface area contributed by atoms with Gasteiger partial charge < -0.3 is 4.74 Å². The smallest absolute Gasteiger partial charge is 0.104 e. The van der Waals surface area contributed by atoms with Gasteiger partial charge in [-0.15, -0.1) is 11.6 Å². The second kappa shape index (κ2) is 3.43. The van der Waals surface area contributed by atoms with Crippen molar-refractivity contribution in [1.82, 2.24) is 0 Å². The summed E-state index contributed by atoms with van der Waals surface area (Å²) in [6, 6.07) is 0. The molecule has 0 saturated heterocycles. The molecule has 0 N–H and O–H groups in total. The summed E-state index contributed by atoms with van der Waals surface area (Å²) in [7, 11) is 1.65. The van der Waals surface area contributed by atoms with Crippen LogP contribution in [0.15, 0.2) is 0 Å². The zero-order chi connectivity index (χ0) is 6.69. The average molecular weight is 144 g/mol. The maximum atomic E-state index is 5.67. The minimum atomic E-state index is 0.793. The molecule has 1 aliphatic rings. The van der Waals surface area contributed by atoms with E-state index < -0.39 is 0 Å². The fraction of sp³-hybridized carbons (Fsp3) is 0.286. The fourth-order valence-corrected chi connectivity index (χ4v) is 0.798. The summed E-state index contributed by atoms with van der Waals surface area (Å²) < 4.78 is 4.94. The van der Waals surface area contributed by atoms with Gasteiger partial charge in [0.05, 0.1) is 5.38 Å². The molecule has 0 aromatic heterocycles. The van der Waals surface area contributed by atoms with E-state index in [-0.39, 0.29) is 0 Å². The van der Waals surface area contributed by atoms with Gasteiger partial charge in [-0.1, -0.05) is 0 Å². The van der Waals surface area contributed by atoms with Crippen LogP contribution < -0.4 is 0 Å². The van der Waals surface area contributed by atoms with Crippen molar-refractivity contribution in [2.45, 2.75) is 6.42 Å². The molecule has 0 spiro atoms. The Labute approximate surface area is 61.3 Å². The van der Waals surface area contributed by atoms with Gasteiger partial charge in [0.15, 0.2) is 0 Å². The van der Waals surface area contributed by atoms with E-state index in [1.165, 1.54) is 0 Å². The molecule has 1 rings (SSSR count). The van der Waals surface area contributed by atoms with Crippen LogP contribution in [-0.2, 0) is 4.74 Å². The van der Waals surface area contributed by atoms with Gasteiger partial charge in [-0.05, 0) is 19.3 Å². The fourth-order valence-electron chi connectivity index (χ4n) is 0.658. The Morgan fingerprint density at radius 3 is 2.78 bits per heavy atom. The number of halogens is 1. The van der Waals surface area contributed by atoms with E-state index in [9.17, 15) is 0 Å². The van der Waals surface area contributed by atoms with Gasteiger partial charge in [-0.25, -0.2) is 0 Å². The Balaban J connectivity index is 2.18. The van der Waals surface area contributed by atoms with Gasteiger partial charge in [0, 0.05) is 13.5 Å². The number of hydrogen-bond donors (Lipinski definition) is 0. The summed E-state index contributed by atoms with van der Waals surface area (Å²) in [4.78, 5) is 0. The first-order chi connectivity index (χ1) is 4.33. The summed E-state index contributed by atoms with van der Waals surface area (Å²) in [5, 5.41) is 0.857. The van der Waals surface area contributed by atoms with E-state index in [1.54, 1.807) is 7.11 Å². The number of rotatable bonds is 1. The van der Waals surface area contributed by atoms with Crippen LogP contribution in [0, 0.1) is 30.7 Å². The van der Waals surface area contributed by atoms with Crippen LogP contribution in [0.4, 0.5) is 0 Å². The minimum absolute atomic E-state index is 0.793. The van der Waals surface area contributed by atoms with E-state index in [1.807, 2.05) is 19.3 Å². The van der Waals surface area contributed by atoms with Gasteiger partial charge in [-0.2, -0.15) is 0 Å². The predicted molar refractivity (Wildman–Crippen MR) is 36.9 cm³/mol. The maximum absolute atomic E-state index is 5.67. The van der Waals surface area contributed by atoms with Crippen molar-refractivity contribution in [3.8, 4) is 0 Å². The lowest BCUT2D eigenvalue weighted by molar-refractivity contribution is 0.234. The molecule has 2 heteroatoms. The Morgan fingerprint density at radius 2 is 2.33 bits per heavy atom. The molecule has 0 bridgehead atoms. The van der Waals surface area contributed by atoms with Crippen LogP contribution in [0.1, 0.15) is 6.42 Å². The van der Waals surface area contributed by atoms with Crippen LogP contribution in [0.5, 0.6) is 0 Å². The Bertz CT molecular complexity index is 77.0. The molecular formula is C7H8ClO. The molecule has 0 aromatic carbocycles. The first kappa shape index (κ1) is 7.36. The zero-order valence-electron chi connectivity index (χ0n) is 5.23. The van der Waals surface area contributed by atoms with Crippen molar-refractivity contribution < 1.29 is 4.74 Å². The topological polar surface area (TPSA) is 9.23 Å². The van der Waals surface area contributed by atoms with Crippen molar-refractivity contribution >= 4 is 11.6 Å². The van der Waals surface area contributed by atoms with Crippen molar-refractivity contribution in [3.05, 3.63) is 30.7 Å². The highest BCUT2D eigenvalue weighted by Crippen LogP contribution is 2.31. The monoisotopic (exact) mass is 143 g/mol. The highest BCUT2D eigenvalue weighted by Gasteiger charge is 2.20. The third-order valence-corrected chi connectivity index (χ3v) is 1.44. The van der Waals surface area contributed by atoms with Crippen molar-refractivity contribution in [1.29, 1.82) is 0 Å². The van der Waals surface area contributed by atoms with E-state index >= 15 is 0 Å². The molecule has 0 heterocycles. The van der Waals surface area contributed by atoms with Crippen LogP contribution in [0.3, 0.4) is 0 Å². The Morgan fingerprint density at radius 1 is 1.56 bits per heavy atom. The first-order valence-electron chi connectivity index (χ1n) is 2.76. The zero-order valence-corrected chi connectivity index (χ0v) is 5.98. The minimum Gasteiger partial charge on any atom is -0.375 e. The molecule has 49 valence electrons. The third-order valence-electron chi connectivity index (χ3n) is 1.16. The quantitative estimate of drug-likeness (QED) is 0.545. The van der Waals surface area contributed by atoms with E-state index in [0.717, 1.165) is 17.9 Å². The largest absolute Gasteiger partial charge is 0.375 e.